The van der Waals surface area contributed by atoms with Gasteiger partial charge in [-0.25, -0.2) is 0 Å². The van der Waals surface area contributed by atoms with Gasteiger partial charge in [0.1, 0.15) is 12.7 Å². The summed E-state index contributed by atoms with van der Waals surface area (Å²) in [6.07, 6.45) is 0.644. The third-order valence-electron chi connectivity index (χ3n) is 4.37. The van der Waals surface area contributed by atoms with Gasteiger partial charge in [-0.1, -0.05) is 0 Å². The van der Waals surface area contributed by atoms with Gasteiger partial charge in [-0.15, -0.1) is 0 Å². The predicted molar refractivity (Wildman–Crippen MR) is 49.7 cm³/mol. The minimum absolute atomic E-state index is 0.0285. The summed E-state index contributed by atoms with van der Waals surface area (Å²) in [5.41, 5.74) is -0.998. The van der Waals surface area contributed by atoms with E-state index in [4.69, 9.17) is 15.1 Å². The van der Waals surface area contributed by atoms with Crippen LogP contribution >= 0.6 is 0 Å². The van der Waals surface area contributed by atoms with E-state index in [0.29, 0.717) is 12.8 Å². The molecule has 0 aromatic carbocycles. The van der Waals surface area contributed by atoms with E-state index in [2.05, 4.69) is 6.07 Å². The molecular weight excluding hydrogens is 210 g/mol. The molecule has 1 heterocycles. The van der Waals surface area contributed by atoms with Crippen molar-refractivity contribution in [2.24, 2.45) is 23.2 Å². The third-order valence-corrected chi connectivity index (χ3v) is 4.37. The van der Waals surface area contributed by atoms with Gasteiger partial charge in [-0.05, 0) is 18.8 Å². The molecule has 5 unspecified atom stereocenters. The lowest BCUT2D eigenvalue weighted by molar-refractivity contribution is -0.147. The number of ketones is 1. The van der Waals surface area contributed by atoms with Crippen molar-refractivity contribution in [3.05, 3.63) is 0 Å². The number of rotatable bonds is 2. The Bertz CT molecular complexity index is 426. The first-order valence-electron chi connectivity index (χ1n) is 5.40. The van der Waals surface area contributed by atoms with Crippen molar-refractivity contribution in [1.29, 1.82) is 5.26 Å². The van der Waals surface area contributed by atoms with E-state index in [9.17, 15) is 9.59 Å². The Morgan fingerprint density at radius 2 is 2.44 bits per heavy atom. The molecule has 2 aliphatic carbocycles. The second kappa shape index (κ2) is 2.83. The number of hydrogen-bond donors (Lipinski definition) is 1. The van der Waals surface area contributed by atoms with E-state index in [-0.39, 0.29) is 23.5 Å². The van der Waals surface area contributed by atoms with Crippen molar-refractivity contribution < 1.29 is 19.4 Å². The molecule has 0 aromatic rings. The van der Waals surface area contributed by atoms with Crippen molar-refractivity contribution in [3.8, 4) is 6.07 Å². The SMILES string of the molecule is N#CC12CC3CC1C(OC2=O)C3C(=O)CO. The van der Waals surface area contributed by atoms with Gasteiger partial charge in [-0.3, -0.25) is 9.59 Å². The quantitative estimate of drug-likeness (QED) is 0.643. The number of carbonyl (C=O) groups is 2. The summed E-state index contributed by atoms with van der Waals surface area (Å²) in [4.78, 5) is 23.3. The normalized spacial score (nSPS) is 47.9. The van der Waals surface area contributed by atoms with Gasteiger partial charge in [-0.2, -0.15) is 5.26 Å². The lowest BCUT2D eigenvalue weighted by atomic mass is 9.71. The fourth-order valence-electron chi connectivity index (χ4n) is 3.73. The zero-order valence-corrected chi connectivity index (χ0v) is 8.55. The van der Waals surface area contributed by atoms with Crippen molar-refractivity contribution >= 4 is 11.8 Å². The molecule has 0 radical (unpaired) electrons. The van der Waals surface area contributed by atoms with E-state index in [1.54, 1.807) is 0 Å². The Hall–Kier alpha value is -1.41. The van der Waals surface area contributed by atoms with Crippen molar-refractivity contribution in [2.45, 2.75) is 18.9 Å². The lowest BCUT2D eigenvalue weighted by Gasteiger charge is -2.26. The lowest BCUT2D eigenvalue weighted by Crippen LogP contribution is -2.38. The van der Waals surface area contributed by atoms with E-state index in [1.807, 2.05) is 0 Å². The van der Waals surface area contributed by atoms with E-state index < -0.39 is 24.1 Å². The smallest absolute Gasteiger partial charge is 0.327 e. The molecule has 84 valence electrons. The van der Waals surface area contributed by atoms with Crippen molar-refractivity contribution in [1.82, 2.24) is 0 Å². The number of aliphatic hydroxyl groups excluding tert-OH is 1. The Morgan fingerprint density at radius 3 is 3.06 bits per heavy atom. The van der Waals surface area contributed by atoms with Gasteiger partial charge in [0.25, 0.3) is 0 Å². The average Bonchev–Trinajstić information content (AvgIpc) is 2.86. The molecule has 3 fully saturated rings. The first kappa shape index (κ1) is 9.79. The number of carbonyl (C=O) groups excluding carboxylic acids is 2. The van der Waals surface area contributed by atoms with E-state index in [1.165, 1.54) is 0 Å². The number of esters is 1. The topological polar surface area (TPSA) is 87.4 Å². The molecule has 2 bridgehead atoms. The number of nitriles is 1. The molecule has 3 aliphatic rings. The van der Waals surface area contributed by atoms with Crippen LogP contribution in [0.4, 0.5) is 0 Å². The fraction of sp³-hybridized carbons (Fsp3) is 0.727. The second-order valence-corrected chi connectivity index (χ2v) is 4.91. The molecule has 1 saturated heterocycles. The monoisotopic (exact) mass is 221 g/mol. The highest BCUT2D eigenvalue weighted by Crippen LogP contribution is 2.63. The van der Waals surface area contributed by atoms with Crippen molar-refractivity contribution in [3.63, 3.8) is 0 Å². The third kappa shape index (κ3) is 0.851. The summed E-state index contributed by atoms with van der Waals surface area (Å²) < 4.78 is 5.18. The van der Waals surface area contributed by atoms with Gasteiger partial charge in [0.15, 0.2) is 11.2 Å². The maximum Gasteiger partial charge on any atom is 0.327 e. The molecule has 5 atom stereocenters. The van der Waals surface area contributed by atoms with Crippen LogP contribution in [0.3, 0.4) is 0 Å². The first-order valence-corrected chi connectivity index (χ1v) is 5.40. The molecule has 16 heavy (non-hydrogen) atoms. The fourth-order valence-corrected chi connectivity index (χ4v) is 3.73. The van der Waals surface area contributed by atoms with Crippen LogP contribution in [0.1, 0.15) is 12.8 Å². The number of nitrogens with zero attached hydrogens (tertiary/aromatic N) is 1. The summed E-state index contributed by atoms with van der Waals surface area (Å²) in [6, 6.07) is 2.08. The van der Waals surface area contributed by atoms with Gasteiger partial charge >= 0.3 is 5.97 Å². The number of hydrogen-bond acceptors (Lipinski definition) is 5. The van der Waals surface area contributed by atoms with Crippen LogP contribution in [0, 0.1) is 34.5 Å². The number of ether oxygens (including phenoxy) is 1. The molecule has 5 nitrogen and oxygen atoms in total. The van der Waals surface area contributed by atoms with Gasteiger partial charge in [0.05, 0.1) is 12.0 Å². The highest BCUT2D eigenvalue weighted by Gasteiger charge is 2.72. The highest BCUT2D eigenvalue weighted by molar-refractivity contribution is 5.89. The summed E-state index contributed by atoms with van der Waals surface area (Å²) in [7, 11) is 0. The van der Waals surface area contributed by atoms with Crippen LogP contribution in [0.15, 0.2) is 0 Å². The van der Waals surface area contributed by atoms with Gasteiger partial charge in [0, 0.05) is 5.92 Å². The standard InChI is InChI=1S/C11H11NO4/c12-4-11-2-5-1-6(11)9(16-10(11)15)8(5)7(14)3-13/h5-6,8-9,13H,1-3H2. The molecule has 0 spiro atoms. The van der Waals surface area contributed by atoms with Gasteiger partial charge < -0.3 is 9.84 Å². The van der Waals surface area contributed by atoms with E-state index >= 15 is 0 Å². The largest absolute Gasteiger partial charge is 0.460 e. The maximum atomic E-state index is 11.7. The number of Topliss-reactive ketones (excluding diaryl/α,β-unsaturated/α-hetero) is 1. The molecule has 0 aromatic heterocycles. The molecule has 5 heteroatoms. The Labute approximate surface area is 92.0 Å². The number of fused-ring (bicyclic) bond motifs is 1. The minimum Gasteiger partial charge on any atom is -0.460 e. The van der Waals surface area contributed by atoms with Crippen LogP contribution in [-0.2, 0) is 14.3 Å². The van der Waals surface area contributed by atoms with Crippen molar-refractivity contribution in [2.75, 3.05) is 6.61 Å². The van der Waals surface area contributed by atoms with Crippen LogP contribution < -0.4 is 0 Å². The molecule has 1 N–H and O–H groups in total. The summed E-state index contributed by atoms with van der Waals surface area (Å²) in [5, 5.41) is 18.0. The molecule has 3 rings (SSSR count). The summed E-state index contributed by atoms with van der Waals surface area (Å²) >= 11 is 0. The zero-order chi connectivity index (χ0) is 11.5. The molecule has 1 aliphatic heterocycles. The predicted octanol–water partition coefficient (Wildman–Crippen LogP) is -0.361. The molecule has 0 amide bonds. The van der Waals surface area contributed by atoms with Crippen LogP contribution in [0.25, 0.3) is 0 Å². The van der Waals surface area contributed by atoms with Crippen LogP contribution in [0.5, 0.6) is 0 Å². The Morgan fingerprint density at radius 1 is 1.69 bits per heavy atom. The Kier molecular flexibility index (Phi) is 1.73. The summed E-state index contributed by atoms with van der Waals surface area (Å²) in [6.45, 7) is -0.512. The van der Waals surface area contributed by atoms with Crippen LogP contribution in [-0.4, -0.2) is 29.6 Å². The Balaban J connectivity index is 2.00. The van der Waals surface area contributed by atoms with Crippen LogP contribution in [0.2, 0.25) is 0 Å². The zero-order valence-electron chi connectivity index (χ0n) is 8.55. The number of aliphatic hydroxyl groups is 1. The minimum atomic E-state index is -0.998. The van der Waals surface area contributed by atoms with E-state index in [0.717, 1.165) is 0 Å². The first-order chi connectivity index (χ1) is 7.64. The maximum absolute atomic E-state index is 11.7. The van der Waals surface area contributed by atoms with Gasteiger partial charge in [0.2, 0.25) is 0 Å². The average molecular weight is 221 g/mol. The molecular formula is C11H11NO4. The summed E-state index contributed by atoms with van der Waals surface area (Å²) in [5.74, 6) is -1.24. The molecule has 2 saturated carbocycles. The second-order valence-electron chi connectivity index (χ2n) is 4.91. The highest BCUT2D eigenvalue weighted by atomic mass is 16.6.